The fourth-order valence-electron chi connectivity index (χ4n) is 5.06. The summed E-state index contributed by atoms with van der Waals surface area (Å²) in [6, 6.07) is 0. The number of hydrogen-bond acceptors (Lipinski definition) is 2. The Bertz CT molecular complexity index is 564. The standard InChI is InChI=1S/C21H30O2/c1-14(2)7-6-12-21-13-18(22)23-20(21)19-16(4)9-5-8-15(3)10-11-17(19)21/h7-8,17,19-20H,4-6,9-13H2,1-3H3/b15-8+/t17-,19-,20+,21-/m0/s1. The molecule has 1 saturated heterocycles. The first-order chi connectivity index (χ1) is 10.9. The Labute approximate surface area is 140 Å². The van der Waals surface area contributed by atoms with Crippen molar-refractivity contribution >= 4 is 5.97 Å². The van der Waals surface area contributed by atoms with Gasteiger partial charge in [-0.15, -0.1) is 0 Å². The van der Waals surface area contributed by atoms with Crippen LogP contribution >= 0.6 is 0 Å². The molecule has 1 aliphatic heterocycles. The van der Waals surface area contributed by atoms with Crippen molar-refractivity contribution in [3.05, 3.63) is 35.5 Å². The summed E-state index contributed by atoms with van der Waals surface area (Å²) >= 11 is 0. The van der Waals surface area contributed by atoms with Gasteiger partial charge in [0.15, 0.2) is 0 Å². The summed E-state index contributed by atoms with van der Waals surface area (Å²) in [6.07, 6.45) is 12.0. The molecule has 1 heterocycles. The molecule has 126 valence electrons. The van der Waals surface area contributed by atoms with Crippen LogP contribution in [0, 0.1) is 17.3 Å². The van der Waals surface area contributed by atoms with Gasteiger partial charge in [-0.2, -0.15) is 0 Å². The van der Waals surface area contributed by atoms with Crippen LogP contribution in [0.25, 0.3) is 0 Å². The smallest absolute Gasteiger partial charge is 0.306 e. The fourth-order valence-corrected chi connectivity index (χ4v) is 5.06. The Morgan fingerprint density at radius 1 is 1.43 bits per heavy atom. The Hall–Kier alpha value is -1.31. The normalized spacial score (nSPS) is 38.7. The molecular formula is C21H30O2. The maximum Gasteiger partial charge on any atom is 0.306 e. The molecule has 0 unspecified atom stereocenters. The van der Waals surface area contributed by atoms with Gasteiger partial charge in [0.05, 0.1) is 6.42 Å². The van der Waals surface area contributed by atoms with Crippen molar-refractivity contribution in [1.82, 2.24) is 0 Å². The molecule has 4 atom stereocenters. The predicted octanol–water partition coefficient (Wildman–Crippen LogP) is 5.36. The highest BCUT2D eigenvalue weighted by molar-refractivity contribution is 5.74. The van der Waals surface area contributed by atoms with Gasteiger partial charge in [-0.05, 0) is 65.2 Å². The van der Waals surface area contributed by atoms with Gasteiger partial charge in [0.2, 0.25) is 0 Å². The van der Waals surface area contributed by atoms with E-state index >= 15 is 0 Å². The lowest BCUT2D eigenvalue weighted by Gasteiger charge is -2.57. The minimum absolute atomic E-state index is 0.0109. The van der Waals surface area contributed by atoms with E-state index in [2.05, 4.69) is 39.5 Å². The van der Waals surface area contributed by atoms with Crippen molar-refractivity contribution in [1.29, 1.82) is 0 Å². The number of allylic oxidation sites excluding steroid dienone is 4. The van der Waals surface area contributed by atoms with Gasteiger partial charge < -0.3 is 4.74 Å². The second-order valence-corrected chi connectivity index (χ2v) is 8.06. The second-order valence-electron chi connectivity index (χ2n) is 8.06. The Balaban J connectivity index is 1.84. The number of hydrogen-bond donors (Lipinski definition) is 0. The molecule has 2 heteroatoms. The lowest BCUT2D eigenvalue weighted by atomic mass is 9.47. The van der Waals surface area contributed by atoms with E-state index in [1.165, 1.54) is 23.1 Å². The quantitative estimate of drug-likeness (QED) is 0.518. The number of carbonyl (C=O) groups excluding carboxylic acids is 1. The van der Waals surface area contributed by atoms with Gasteiger partial charge in [0.1, 0.15) is 6.10 Å². The van der Waals surface area contributed by atoms with Crippen LogP contribution in [0.15, 0.2) is 35.5 Å². The molecule has 0 bridgehead atoms. The third-order valence-corrected chi connectivity index (χ3v) is 6.24. The first kappa shape index (κ1) is 16.5. The van der Waals surface area contributed by atoms with Crippen molar-refractivity contribution in [2.45, 2.75) is 71.8 Å². The zero-order valence-electron chi connectivity index (χ0n) is 14.9. The van der Waals surface area contributed by atoms with Gasteiger partial charge in [-0.25, -0.2) is 0 Å². The molecule has 0 aromatic carbocycles. The number of rotatable bonds is 3. The van der Waals surface area contributed by atoms with E-state index in [9.17, 15) is 4.79 Å². The molecule has 0 amide bonds. The van der Waals surface area contributed by atoms with Crippen molar-refractivity contribution in [2.75, 3.05) is 0 Å². The lowest BCUT2D eigenvalue weighted by Crippen LogP contribution is -2.58. The summed E-state index contributed by atoms with van der Waals surface area (Å²) < 4.78 is 5.79. The van der Waals surface area contributed by atoms with Crippen LogP contribution in [0.2, 0.25) is 0 Å². The highest BCUT2D eigenvalue weighted by Gasteiger charge is 2.67. The molecule has 0 radical (unpaired) electrons. The molecule has 0 aromatic heterocycles. The van der Waals surface area contributed by atoms with Gasteiger partial charge in [-0.1, -0.05) is 35.5 Å². The third kappa shape index (κ3) is 2.93. The maximum absolute atomic E-state index is 12.1. The topological polar surface area (TPSA) is 26.3 Å². The van der Waals surface area contributed by atoms with E-state index in [4.69, 9.17) is 4.74 Å². The van der Waals surface area contributed by atoms with Crippen molar-refractivity contribution in [2.24, 2.45) is 17.3 Å². The van der Waals surface area contributed by atoms with E-state index in [1.807, 2.05) is 0 Å². The molecule has 3 aliphatic rings. The molecule has 0 spiro atoms. The first-order valence-electron chi connectivity index (χ1n) is 9.10. The van der Waals surface area contributed by atoms with Gasteiger partial charge >= 0.3 is 5.97 Å². The Kier molecular flexibility index (Phi) is 4.53. The van der Waals surface area contributed by atoms with E-state index < -0.39 is 0 Å². The van der Waals surface area contributed by atoms with Gasteiger partial charge in [0, 0.05) is 11.3 Å². The lowest BCUT2D eigenvalue weighted by molar-refractivity contribution is -0.161. The predicted molar refractivity (Wildman–Crippen MR) is 93.9 cm³/mol. The summed E-state index contributed by atoms with van der Waals surface area (Å²) in [7, 11) is 0. The van der Waals surface area contributed by atoms with E-state index in [0.717, 1.165) is 32.1 Å². The van der Waals surface area contributed by atoms with Crippen LogP contribution < -0.4 is 0 Å². The SMILES string of the molecule is C=C1CC/C=C(\C)CC[C@H]2[C@H]1[C@H]1OC(=O)C[C@]12CCC=C(C)C. The van der Waals surface area contributed by atoms with E-state index in [-0.39, 0.29) is 17.5 Å². The number of esters is 1. The summed E-state index contributed by atoms with van der Waals surface area (Å²) in [5.41, 5.74) is 4.23. The number of carbonyl (C=O) groups is 1. The maximum atomic E-state index is 12.1. The Morgan fingerprint density at radius 2 is 2.22 bits per heavy atom. The van der Waals surface area contributed by atoms with Gasteiger partial charge in [-0.3, -0.25) is 4.79 Å². The zero-order valence-corrected chi connectivity index (χ0v) is 14.9. The largest absolute Gasteiger partial charge is 0.461 e. The number of ether oxygens (including phenoxy) is 1. The molecule has 23 heavy (non-hydrogen) atoms. The van der Waals surface area contributed by atoms with Crippen LogP contribution in [0.1, 0.15) is 65.7 Å². The Morgan fingerprint density at radius 3 is 2.96 bits per heavy atom. The minimum atomic E-state index is 0.0109. The van der Waals surface area contributed by atoms with Crippen LogP contribution in [0.5, 0.6) is 0 Å². The third-order valence-electron chi connectivity index (χ3n) is 6.24. The molecule has 0 aromatic rings. The number of fused-ring (bicyclic) bond motifs is 4. The van der Waals surface area contributed by atoms with Crippen LogP contribution in [-0.2, 0) is 9.53 Å². The highest BCUT2D eigenvalue weighted by atomic mass is 16.6. The average molecular weight is 314 g/mol. The molecule has 2 aliphatic carbocycles. The van der Waals surface area contributed by atoms with Crippen LogP contribution in [0.4, 0.5) is 0 Å². The monoisotopic (exact) mass is 314 g/mol. The fraction of sp³-hybridized carbons (Fsp3) is 0.667. The van der Waals surface area contributed by atoms with Crippen LogP contribution in [-0.4, -0.2) is 12.1 Å². The first-order valence-corrected chi connectivity index (χ1v) is 9.10. The van der Waals surface area contributed by atoms with Crippen molar-refractivity contribution < 1.29 is 9.53 Å². The molecule has 2 nitrogen and oxygen atoms in total. The molecule has 2 fully saturated rings. The van der Waals surface area contributed by atoms with Crippen molar-refractivity contribution in [3.63, 3.8) is 0 Å². The zero-order chi connectivity index (χ0) is 16.6. The summed E-state index contributed by atoms with van der Waals surface area (Å²) in [6.45, 7) is 10.9. The van der Waals surface area contributed by atoms with E-state index in [0.29, 0.717) is 18.3 Å². The van der Waals surface area contributed by atoms with E-state index in [1.54, 1.807) is 0 Å². The van der Waals surface area contributed by atoms with Gasteiger partial charge in [0.25, 0.3) is 0 Å². The van der Waals surface area contributed by atoms with Crippen LogP contribution in [0.3, 0.4) is 0 Å². The average Bonchev–Trinajstić information content (AvgIpc) is 2.75. The minimum Gasteiger partial charge on any atom is -0.461 e. The molecule has 0 N–H and O–H groups in total. The summed E-state index contributed by atoms with van der Waals surface area (Å²) in [5, 5.41) is 0. The molecular weight excluding hydrogens is 284 g/mol. The highest BCUT2D eigenvalue weighted by Crippen LogP contribution is 2.65. The second kappa shape index (κ2) is 6.30. The van der Waals surface area contributed by atoms with Crippen molar-refractivity contribution in [3.8, 4) is 0 Å². The summed E-state index contributed by atoms with van der Waals surface area (Å²) in [4.78, 5) is 12.1. The summed E-state index contributed by atoms with van der Waals surface area (Å²) in [5.74, 6) is 0.975. The molecule has 1 saturated carbocycles. The molecule has 3 rings (SSSR count).